The van der Waals surface area contributed by atoms with E-state index >= 15 is 0 Å². The van der Waals surface area contributed by atoms with Gasteiger partial charge in [0, 0.05) is 31.9 Å². The number of anilines is 2. The van der Waals surface area contributed by atoms with Crippen LogP contribution in [-0.2, 0) is 10.7 Å². The zero-order valence-corrected chi connectivity index (χ0v) is 18.4. The SMILES string of the molecule is CC.CO[P@](C)Cc1ccc(C(=O)Nc2cc(-c3cccs3)ccc2N)cc1. The highest BCUT2D eigenvalue weighted by atomic mass is 32.1. The van der Waals surface area contributed by atoms with Gasteiger partial charge in [-0.2, -0.15) is 0 Å². The van der Waals surface area contributed by atoms with Crippen LogP contribution in [0.2, 0.25) is 0 Å². The first-order valence-corrected chi connectivity index (χ1v) is 11.9. The fraction of sp³-hybridized carbons (Fsp3) is 0.227. The zero-order valence-electron chi connectivity index (χ0n) is 16.7. The minimum Gasteiger partial charge on any atom is -0.397 e. The number of thiophene rings is 1. The monoisotopic (exact) mass is 414 g/mol. The van der Waals surface area contributed by atoms with E-state index in [0.717, 1.165) is 22.2 Å². The lowest BCUT2D eigenvalue weighted by atomic mass is 10.1. The maximum Gasteiger partial charge on any atom is 0.255 e. The summed E-state index contributed by atoms with van der Waals surface area (Å²) in [5.41, 5.74) is 10.0. The molecule has 0 saturated heterocycles. The van der Waals surface area contributed by atoms with E-state index in [1.54, 1.807) is 18.4 Å². The fourth-order valence-electron chi connectivity index (χ4n) is 2.54. The van der Waals surface area contributed by atoms with Crippen molar-refractivity contribution in [2.75, 3.05) is 24.8 Å². The average molecular weight is 415 g/mol. The molecule has 1 atom stereocenters. The molecule has 148 valence electrons. The molecule has 0 aliphatic carbocycles. The van der Waals surface area contributed by atoms with Crippen molar-refractivity contribution in [3.8, 4) is 10.4 Å². The van der Waals surface area contributed by atoms with Gasteiger partial charge in [0.1, 0.15) is 0 Å². The van der Waals surface area contributed by atoms with Crippen LogP contribution in [0.25, 0.3) is 10.4 Å². The van der Waals surface area contributed by atoms with E-state index in [4.69, 9.17) is 10.3 Å². The molecule has 0 spiro atoms. The molecular formula is C22H27N2O2PS. The molecule has 1 aromatic heterocycles. The van der Waals surface area contributed by atoms with Crippen molar-refractivity contribution in [3.05, 3.63) is 71.1 Å². The third-order valence-electron chi connectivity index (χ3n) is 4.04. The Labute approximate surface area is 172 Å². The largest absolute Gasteiger partial charge is 0.397 e. The molecule has 3 aromatic rings. The number of nitrogen functional groups attached to an aromatic ring is 1. The Kier molecular flexibility index (Phi) is 8.65. The number of carbonyl (C=O) groups excluding carboxylic acids is 1. The second-order valence-corrected chi connectivity index (χ2v) is 8.78. The normalized spacial score (nSPS) is 11.3. The second-order valence-electron chi connectivity index (χ2n) is 5.90. The van der Waals surface area contributed by atoms with Gasteiger partial charge in [-0.25, -0.2) is 0 Å². The number of hydrogen-bond acceptors (Lipinski definition) is 4. The molecule has 0 fully saturated rings. The highest BCUT2D eigenvalue weighted by molar-refractivity contribution is 7.50. The summed E-state index contributed by atoms with van der Waals surface area (Å²) >= 11 is 1.65. The molecule has 0 radical (unpaired) electrons. The number of nitrogens with one attached hydrogen (secondary N) is 1. The van der Waals surface area contributed by atoms with E-state index in [2.05, 4.69) is 12.0 Å². The minimum atomic E-state index is -0.462. The predicted octanol–water partition coefficient (Wildman–Crippen LogP) is 6.45. The van der Waals surface area contributed by atoms with E-state index < -0.39 is 8.15 Å². The standard InChI is InChI=1S/C20H21N2O2PS.C2H6/c1-24-25(2)13-14-5-7-15(8-6-14)20(23)22-18-12-16(9-10-17(18)21)19-4-3-11-26-19;1-2/h3-12H,13,21H2,1-2H3,(H,22,23);1-2H3/t25-;/m1./s1. The lowest BCUT2D eigenvalue weighted by Crippen LogP contribution is -2.13. The molecule has 2 aromatic carbocycles. The smallest absolute Gasteiger partial charge is 0.255 e. The molecule has 0 bridgehead atoms. The Hall–Kier alpha value is -2.20. The summed E-state index contributed by atoms with van der Waals surface area (Å²) in [6.45, 7) is 6.08. The van der Waals surface area contributed by atoms with Gasteiger partial charge in [0.2, 0.25) is 0 Å². The summed E-state index contributed by atoms with van der Waals surface area (Å²) in [5, 5.41) is 4.95. The maximum absolute atomic E-state index is 12.6. The van der Waals surface area contributed by atoms with E-state index in [-0.39, 0.29) is 5.91 Å². The van der Waals surface area contributed by atoms with E-state index in [1.165, 1.54) is 0 Å². The van der Waals surface area contributed by atoms with E-state index in [9.17, 15) is 4.79 Å². The average Bonchev–Trinajstić information content (AvgIpc) is 3.26. The molecule has 0 aliphatic heterocycles. The van der Waals surface area contributed by atoms with Gasteiger partial charge in [0.05, 0.1) is 11.4 Å². The molecule has 3 N–H and O–H groups in total. The first-order valence-electron chi connectivity index (χ1n) is 9.16. The number of rotatable bonds is 6. The Morgan fingerprint density at radius 2 is 1.86 bits per heavy atom. The number of benzene rings is 2. The Balaban J connectivity index is 0.00000136. The molecular weight excluding hydrogens is 387 g/mol. The summed E-state index contributed by atoms with van der Waals surface area (Å²) in [5.74, 6) is -0.169. The quantitative estimate of drug-likeness (QED) is 0.360. The van der Waals surface area contributed by atoms with Crippen molar-refractivity contribution in [1.29, 1.82) is 0 Å². The lowest BCUT2D eigenvalue weighted by molar-refractivity contribution is 0.102. The predicted molar refractivity (Wildman–Crippen MR) is 123 cm³/mol. The summed E-state index contributed by atoms with van der Waals surface area (Å²) in [7, 11) is 1.26. The van der Waals surface area contributed by atoms with Crippen LogP contribution in [0, 0.1) is 0 Å². The van der Waals surface area contributed by atoms with Crippen molar-refractivity contribution < 1.29 is 9.32 Å². The first kappa shape index (κ1) is 22.1. The number of amides is 1. The van der Waals surface area contributed by atoms with Gasteiger partial charge in [-0.05, 0) is 53.5 Å². The van der Waals surface area contributed by atoms with Gasteiger partial charge in [-0.1, -0.05) is 38.1 Å². The Morgan fingerprint density at radius 3 is 2.46 bits per heavy atom. The van der Waals surface area contributed by atoms with Crippen molar-refractivity contribution in [2.45, 2.75) is 20.0 Å². The van der Waals surface area contributed by atoms with Gasteiger partial charge in [0.15, 0.2) is 0 Å². The van der Waals surface area contributed by atoms with Crippen LogP contribution < -0.4 is 11.1 Å². The third kappa shape index (κ3) is 5.90. The van der Waals surface area contributed by atoms with E-state index in [1.807, 2.05) is 73.8 Å². The van der Waals surface area contributed by atoms with Crippen LogP contribution in [0.4, 0.5) is 11.4 Å². The molecule has 6 heteroatoms. The van der Waals surface area contributed by atoms with Crippen LogP contribution >= 0.6 is 19.5 Å². The molecule has 0 saturated carbocycles. The molecule has 1 amide bonds. The summed E-state index contributed by atoms with van der Waals surface area (Å²) < 4.78 is 5.34. The summed E-state index contributed by atoms with van der Waals surface area (Å²) in [6, 6.07) is 17.4. The van der Waals surface area contributed by atoms with Gasteiger partial charge < -0.3 is 15.6 Å². The van der Waals surface area contributed by atoms with Crippen LogP contribution in [0.15, 0.2) is 60.0 Å². The maximum atomic E-state index is 12.6. The molecule has 1 heterocycles. The van der Waals surface area contributed by atoms with Crippen LogP contribution in [0.5, 0.6) is 0 Å². The van der Waals surface area contributed by atoms with E-state index in [0.29, 0.717) is 16.9 Å². The zero-order chi connectivity index (χ0) is 20.5. The van der Waals surface area contributed by atoms with Gasteiger partial charge in [0.25, 0.3) is 5.91 Å². The fourth-order valence-corrected chi connectivity index (χ4v) is 4.12. The van der Waals surface area contributed by atoms with Crippen molar-refractivity contribution in [1.82, 2.24) is 0 Å². The van der Waals surface area contributed by atoms with Crippen molar-refractivity contribution in [3.63, 3.8) is 0 Å². The summed E-state index contributed by atoms with van der Waals surface area (Å²) in [6.07, 6.45) is 0.879. The first-order chi connectivity index (χ1) is 13.6. The van der Waals surface area contributed by atoms with Gasteiger partial charge >= 0.3 is 0 Å². The lowest BCUT2D eigenvalue weighted by Gasteiger charge is -2.11. The van der Waals surface area contributed by atoms with Crippen LogP contribution in [-0.4, -0.2) is 19.7 Å². The highest BCUT2D eigenvalue weighted by Gasteiger charge is 2.10. The van der Waals surface area contributed by atoms with Gasteiger partial charge in [-0.3, -0.25) is 4.79 Å². The van der Waals surface area contributed by atoms with Crippen molar-refractivity contribution >= 4 is 36.8 Å². The molecule has 3 rings (SSSR count). The summed E-state index contributed by atoms with van der Waals surface area (Å²) in [4.78, 5) is 13.7. The molecule has 0 unspecified atom stereocenters. The second kappa shape index (κ2) is 11.0. The Bertz CT molecular complexity index is 880. The number of carbonyl (C=O) groups is 1. The van der Waals surface area contributed by atoms with Gasteiger partial charge in [-0.15, -0.1) is 11.3 Å². The Morgan fingerprint density at radius 1 is 1.14 bits per heavy atom. The topological polar surface area (TPSA) is 64.3 Å². The molecule has 0 aliphatic rings. The van der Waals surface area contributed by atoms with Crippen LogP contribution in [0.3, 0.4) is 0 Å². The number of hydrogen-bond donors (Lipinski definition) is 2. The number of nitrogens with two attached hydrogens (primary N) is 1. The highest BCUT2D eigenvalue weighted by Crippen LogP contribution is 2.35. The van der Waals surface area contributed by atoms with Crippen LogP contribution in [0.1, 0.15) is 29.8 Å². The molecule has 28 heavy (non-hydrogen) atoms. The minimum absolute atomic E-state index is 0.169. The third-order valence-corrected chi connectivity index (χ3v) is 6.39. The molecule has 4 nitrogen and oxygen atoms in total. The van der Waals surface area contributed by atoms with Crippen molar-refractivity contribution in [2.24, 2.45) is 0 Å².